The Labute approximate surface area is 108 Å². The summed E-state index contributed by atoms with van der Waals surface area (Å²) in [5, 5.41) is 0.0785. The van der Waals surface area contributed by atoms with Crippen LogP contribution in [0, 0.1) is 0 Å². The number of nitrogens with zero attached hydrogens (tertiary/aromatic N) is 2. The molecule has 1 aromatic rings. The van der Waals surface area contributed by atoms with Gasteiger partial charge in [0, 0.05) is 24.3 Å². The normalized spacial score (nSPS) is 21.5. The van der Waals surface area contributed by atoms with Gasteiger partial charge in [-0.1, -0.05) is 11.3 Å². The number of rotatable bonds is 3. The third-order valence-electron chi connectivity index (χ3n) is 2.45. The molecule has 1 saturated heterocycles. The zero-order valence-corrected chi connectivity index (χ0v) is 11.6. The quantitative estimate of drug-likeness (QED) is 0.770. The van der Waals surface area contributed by atoms with Crippen molar-refractivity contribution >= 4 is 44.4 Å². The van der Waals surface area contributed by atoms with Crippen LogP contribution in [0.2, 0.25) is 0 Å². The fourth-order valence-corrected chi connectivity index (χ4v) is 5.31. The highest BCUT2D eigenvalue weighted by Crippen LogP contribution is 2.29. The average molecular weight is 292 g/mol. The highest BCUT2D eigenvalue weighted by molar-refractivity contribution is 8.01. The molecule has 0 radical (unpaired) electrons. The van der Waals surface area contributed by atoms with E-state index >= 15 is 0 Å². The molecular weight excluding hydrogens is 280 g/mol. The first-order chi connectivity index (χ1) is 8.02. The van der Waals surface area contributed by atoms with Crippen molar-refractivity contribution in [2.75, 3.05) is 29.2 Å². The van der Waals surface area contributed by atoms with Crippen molar-refractivity contribution in [1.82, 2.24) is 4.98 Å². The molecule has 1 fully saturated rings. The maximum absolute atomic E-state index is 11.7. The monoisotopic (exact) mass is 292 g/mol. The summed E-state index contributed by atoms with van der Waals surface area (Å²) in [6, 6.07) is 0. The van der Waals surface area contributed by atoms with Crippen molar-refractivity contribution in [3.05, 3.63) is 11.1 Å². The smallest absolute Gasteiger partial charge is 0.187 e. The number of aromatic nitrogens is 1. The van der Waals surface area contributed by atoms with Gasteiger partial charge in [-0.25, -0.2) is 13.4 Å². The first-order valence-corrected chi connectivity index (χ1v) is 8.89. The third-order valence-corrected chi connectivity index (χ3v) is 6.06. The molecule has 1 aliphatic rings. The summed E-state index contributed by atoms with van der Waals surface area (Å²) in [5.74, 6) is 1.43. The van der Waals surface area contributed by atoms with Crippen LogP contribution in [-0.4, -0.2) is 49.4 Å². The summed E-state index contributed by atoms with van der Waals surface area (Å²) in [4.78, 5) is 17.0. The molecule has 0 N–H and O–H groups in total. The van der Waals surface area contributed by atoms with Gasteiger partial charge in [0.1, 0.15) is 5.37 Å². The molecule has 0 bridgehead atoms. The Morgan fingerprint density at radius 2 is 2.35 bits per heavy atom. The van der Waals surface area contributed by atoms with Gasteiger partial charge in [0.25, 0.3) is 0 Å². The van der Waals surface area contributed by atoms with Gasteiger partial charge < -0.3 is 4.90 Å². The van der Waals surface area contributed by atoms with E-state index < -0.39 is 15.2 Å². The van der Waals surface area contributed by atoms with Crippen molar-refractivity contribution in [3.8, 4) is 0 Å². The van der Waals surface area contributed by atoms with Crippen LogP contribution in [-0.2, 0) is 9.84 Å². The van der Waals surface area contributed by atoms with Crippen LogP contribution in [0.4, 0.5) is 5.13 Å². The molecule has 0 aliphatic carbocycles. The van der Waals surface area contributed by atoms with Gasteiger partial charge in [-0.3, -0.25) is 4.79 Å². The summed E-state index contributed by atoms with van der Waals surface area (Å²) in [6.07, 6.45) is 3.45. The van der Waals surface area contributed by atoms with Crippen molar-refractivity contribution in [1.29, 1.82) is 0 Å². The van der Waals surface area contributed by atoms with Crippen LogP contribution >= 0.6 is 23.1 Å². The lowest BCUT2D eigenvalue weighted by Gasteiger charge is -2.33. The van der Waals surface area contributed by atoms with E-state index in [2.05, 4.69) is 4.98 Å². The second-order valence-electron chi connectivity index (χ2n) is 3.72. The summed E-state index contributed by atoms with van der Waals surface area (Å²) in [7, 11) is -3.14. The molecule has 1 aliphatic heterocycles. The number of thioether (sulfide) groups is 1. The van der Waals surface area contributed by atoms with Gasteiger partial charge in [0.15, 0.2) is 21.3 Å². The minimum Gasteiger partial charge on any atom is -0.329 e. The van der Waals surface area contributed by atoms with Crippen LogP contribution in [0.3, 0.4) is 0 Å². The van der Waals surface area contributed by atoms with Crippen molar-refractivity contribution in [2.24, 2.45) is 0 Å². The predicted octanol–water partition coefficient (Wildman–Crippen LogP) is 0.879. The third kappa shape index (κ3) is 2.80. The first-order valence-electron chi connectivity index (χ1n) is 4.96. The van der Waals surface area contributed by atoms with Crippen molar-refractivity contribution in [3.63, 3.8) is 0 Å². The number of aldehydes is 1. The van der Waals surface area contributed by atoms with Gasteiger partial charge in [-0.2, -0.15) is 11.8 Å². The van der Waals surface area contributed by atoms with E-state index in [9.17, 15) is 13.2 Å². The van der Waals surface area contributed by atoms with Crippen LogP contribution in [0.5, 0.6) is 0 Å². The molecule has 0 saturated carbocycles. The maximum Gasteiger partial charge on any atom is 0.187 e. The SMILES string of the molecule is CS(=O)(=O)C1CSCCN1c1ncc(C=O)s1. The molecule has 17 heavy (non-hydrogen) atoms. The highest BCUT2D eigenvalue weighted by Gasteiger charge is 2.32. The Balaban J connectivity index is 2.30. The topological polar surface area (TPSA) is 67.3 Å². The Morgan fingerprint density at radius 3 is 2.94 bits per heavy atom. The maximum atomic E-state index is 11.7. The largest absolute Gasteiger partial charge is 0.329 e. The van der Waals surface area contributed by atoms with E-state index in [1.54, 1.807) is 16.7 Å². The molecule has 0 amide bonds. The number of carbonyl (C=O) groups is 1. The average Bonchev–Trinajstić information content (AvgIpc) is 2.76. The molecular formula is C9H12N2O3S3. The van der Waals surface area contributed by atoms with Crippen molar-refractivity contribution in [2.45, 2.75) is 5.37 Å². The van der Waals surface area contributed by atoms with E-state index in [-0.39, 0.29) is 0 Å². The molecule has 1 unspecified atom stereocenters. The standard InChI is InChI=1S/C9H12N2O3S3/c1-17(13,14)8-6-15-3-2-11(8)9-10-4-7(5-12)16-9/h4-5,8H,2-3,6H2,1H3. The Kier molecular flexibility index (Phi) is 3.74. The van der Waals surface area contributed by atoms with Gasteiger partial charge in [-0.05, 0) is 0 Å². The minimum absolute atomic E-state index is 0.519. The van der Waals surface area contributed by atoms with Crippen LogP contribution in [0.1, 0.15) is 9.67 Å². The lowest BCUT2D eigenvalue weighted by Crippen LogP contribution is -2.47. The number of hydrogen-bond acceptors (Lipinski definition) is 7. The second-order valence-corrected chi connectivity index (χ2v) is 8.11. The number of anilines is 1. The summed E-state index contributed by atoms with van der Waals surface area (Å²) in [6.45, 7) is 0.647. The van der Waals surface area contributed by atoms with Gasteiger partial charge >= 0.3 is 0 Å². The molecule has 2 rings (SSSR count). The zero-order chi connectivity index (χ0) is 12.5. The Morgan fingerprint density at radius 1 is 1.59 bits per heavy atom. The van der Waals surface area contributed by atoms with Gasteiger partial charge in [0.2, 0.25) is 0 Å². The lowest BCUT2D eigenvalue weighted by molar-refractivity contribution is 0.112. The van der Waals surface area contributed by atoms with E-state index in [0.717, 1.165) is 12.0 Å². The fraction of sp³-hybridized carbons (Fsp3) is 0.556. The number of thiazole rings is 1. The molecule has 8 heteroatoms. The minimum atomic E-state index is -3.14. The predicted molar refractivity (Wildman–Crippen MR) is 70.8 cm³/mol. The van der Waals surface area contributed by atoms with Gasteiger partial charge in [0.05, 0.1) is 11.1 Å². The van der Waals surface area contributed by atoms with Crippen LogP contribution in [0.25, 0.3) is 0 Å². The van der Waals surface area contributed by atoms with Gasteiger partial charge in [-0.15, -0.1) is 0 Å². The fourth-order valence-electron chi connectivity index (χ4n) is 1.62. The lowest BCUT2D eigenvalue weighted by atomic mass is 10.5. The molecule has 1 atom stereocenters. The zero-order valence-electron chi connectivity index (χ0n) is 9.20. The van der Waals surface area contributed by atoms with E-state index in [1.807, 2.05) is 0 Å². The van der Waals surface area contributed by atoms with E-state index in [1.165, 1.54) is 23.8 Å². The molecule has 5 nitrogen and oxygen atoms in total. The summed E-state index contributed by atoms with van der Waals surface area (Å²) in [5.41, 5.74) is 0. The summed E-state index contributed by atoms with van der Waals surface area (Å²) >= 11 is 2.86. The van der Waals surface area contributed by atoms with E-state index in [0.29, 0.717) is 22.3 Å². The van der Waals surface area contributed by atoms with Crippen LogP contribution in [0.15, 0.2) is 6.20 Å². The van der Waals surface area contributed by atoms with Crippen molar-refractivity contribution < 1.29 is 13.2 Å². The Bertz CT molecular complexity index is 511. The first kappa shape index (κ1) is 12.8. The number of sulfone groups is 1. The van der Waals surface area contributed by atoms with Crippen LogP contribution < -0.4 is 4.90 Å². The number of carbonyl (C=O) groups excluding carboxylic acids is 1. The number of hydrogen-bond donors (Lipinski definition) is 0. The highest BCUT2D eigenvalue weighted by atomic mass is 32.2. The second kappa shape index (κ2) is 4.95. The molecule has 0 aromatic carbocycles. The molecule has 2 heterocycles. The molecule has 1 aromatic heterocycles. The summed E-state index contributed by atoms with van der Waals surface area (Å²) < 4.78 is 23.4. The van der Waals surface area contributed by atoms with E-state index in [4.69, 9.17) is 0 Å². The Hall–Kier alpha value is -0.600. The molecule has 0 spiro atoms. The molecule has 94 valence electrons.